The summed E-state index contributed by atoms with van der Waals surface area (Å²) in [7, 11) is 1.41. The minimum atomic E-state index is -2.52. The molecule has 5 nitrogen and oxygen atoms in total. The maximum Gasteiger partial charge on any atom is 0.289 e. The summed E-state index contributed by atoms with van der Waals surface area (Å²) in [6, 6.07) is 10.5. The van der Waals surface area contributed by atoms with Crippen molar-refractivity contribution in [2.45, 2.75) is 17.3 Å². The van der Waals surface area contributed by atoms with Gasteiger partial charge >= 0.3 is 0 Å². The summed E-state index contributed by atoms with van der Waals surface area (Å²) < 4.78 is 35.5. The van der Waals surface area contributed by atoms with Crippen molar-refractivity contribution in [2.75, 3.05) is 7.11 Å². The molecule has 2 aromatic rings. The van der Waals surface area contributed by atoms with Crippen LogP contribution in [0.15, 0.2) is 47.4 Å². The first-order chi connectivity index (χ1) is 11.0. The van der Waals surface area contributed by atoms with Gasteiger partial charge in [0.1, 0.15) is 18.1 Å². The van der Waals surface area contributed by atoms with E-state index in [9.17, 15) is 18.9 Å². The predicted octanol–water partition coefficient (Wildman–Crippen LogP) is 4.50. The van der Waals surface area contributed by atoms with E-state index < -0.39 is 10.7 Å². The van der Waals surface area contributed by atoms with Crippen LogP contribution < -0.4 is 9.47 Å². The number of non-ortho nitro benzene ring substituents is 1. The minimum Gasteiger partial charge on any atom is -0.496 e. The Hall–Kier alpha value is -2.35. The van der Waals surface area contributed by atoms with E-state index in [-0.39, 0.29) is 12.3 Å². The van der Waals surface area contributed by atoms with Crippen molar-refractivity contribution in [1.82, 2.24) is 0 Å². The first-order valence-electron chi connectivity index (χ1n) is 6.48. The van der Waals surface area contributed by atoms with Gasteiger partial charge in [-0.3, -0.25) is 10.1 Å². The van der Waals surface area contributed by atoms with Crippen molar-refractivity contribution in [3.63, 3.8) is 0 Å². The smallest absolute Gasteiger partial charge is 0.289 e. The number of halogens is 2. The molecule has 8 heteroatoms. The molecule has 0 amide bonds. The highest BCUT2D eigenvalue weighted by Crippen LogP contribution is 2.34. The summed E-state index contributed by atoms with van der Waals surface area (Å²) in [5, 5.41) is 10.6. The van der Waals surface area contributed by atoms with Crippen LogP contribution in [0.3, 0.4) is 0 Å². The van der Waals surface area contributed by atoms with Crippen molar-refractivity contribution >= 4 is 17.4 Å². The average Bonchev–Trinajstić information content (AvgIpc) is 2.53. The molecule has 0 aliphatic carbocycles. The molecule has 0 aromatic heterocycles. The van der Waals surface area contributed by atoms with Gasteiger partial charge in [0, 0.05) is 12.1 Å². The molecule has 0 spiro atoms. The van der Waals surface area contributed by atoms with Gasteiger partial charge in [-0.2, -0.15) is 8.78 Å². The summed E-state index contributed by atoms with van der Waals surface area (Å²) in [6.45, 7) is 0.188. The van der Waals surface area contributed by atoms with Gasteiger partial charge < -0.3 is 9.47 Å². The van der Waals surface area contributed by atoms with E-state index in [4.69, 9.17) is 9.47 Å². The normalized spacial score (nSPS) is 10.6. The molecule has 0 saturated heterocycles. The Morgan fingerprint density at radius 3 is 2.48 bits per heavy atom. The number of hydrogen-bond donors (Lipinski definition) is 0. The standard InChI is InChI=1S/C15H13F2NO4S/c1-21-13-8-10(2-7-14(13)23-15(16)17)9-22-12-5-3-11(4-6-12)18(19)20/h2-8,15H,9H2,1H3. The molecule has 0 radical (unpaired) electrons. The Morgan fingerprint density at radius 2 is 1.91 bits per heavy atom. The zero-order chi connectivity index (χ0) is 16.8. The summed E-state index contributed by atoms with van der Waals surface area (Å²) >= 11 is 0.414. The molecule has 2 rings (SSSR count). The van der Waals surface area contributed by atoms with Crippen molar-refractivity contribution in [3.05, 3.63) is 58.1 Å². The predicted molar refractivity (Wildman–Crippen MR) is 82.3 cm³/mol. The van der Waals surface area contributed by atoms with E-state index in [1.807, 2.05) is 0 Å². The second kappa shape index (κ2) is 7.77. The van der Waals surface area contributed by atoms with Crippen LogP contribution in [0.2, 0.25) is 0 Å². The van der Waals surface area contributed by atoms with Gasteiger partial charge in [0.25, 0.3) is 11.4 Å². The van der Waals surface area contributed by atoms with Crippen LogP contribution in [-0.4, -0.2) is 17.8 Å². The fourth-order valence-electron chi connectivity index (χ4n) is 1.83. The summed E-state index contributed by atoms with van der Waals surface area (Å²) in [5.74, 6) is -1.70. The molecule has 2 aromatic carbocycles. The van der Waals surface area contributed by atoms with E-state index in [1.54, 1.807) is 18.2 Å². The highest BCUT2D eigenvalue weighted by Gasteiger charge is 2.12. The lowest BCUT2D eigenvalue weighted by Crippen LogP contribution is -1.97. The quantitative estimate of drug-likeness (QED) is 0.422. The van der Waals surface area contributed by atoms with Crippen LogP contribution in [-0.2, 0) is 6.61 Å². The third-order valence-corrected chi connectivity index (χ3v) is 3.67. The number of rotatable bonds is 7. The van der Waals surface area contributed by atoms with Gasteiger partial charge in [0.05, 0.1) is 16.9 Å². The summed E-state index contributed by atoms with van der Waals surface area (Å²) in [5.41, 5.74) is 0.714. The fraction of sp³-hybridized carbons (Fsp3) is 0.200. The minimum absolute atomic E-state index is 0.0209. The van der Waals surface area contributed by atoms with Crippen LogP contribution in [0.25, 0.3) is 0 Å². The molecule has 0 bridgehead atoms. The molecule has 0 aliphatic heterocycles. The zero-order valence-corrected chi connectivity index (χ0v) is 12.9. The fourth-order valence-corrected chi connectivity index (χ4v) is 2.42. The van der Waals surface area contributed by atoms with Gasteiger partial charge in [-0.15, -0.1) is 0 Å². The van der Waals surface area contributed by atoms with Gasteiger partial charge in [-0.05, 0) is 29.8 Å². The van der Waals surface area contributed by atoms with E-state index >= 15 is 0 Å². The number of thioether (sulfide) groups is 1. The van der Waals surface area contributed by atoms with Crippen molar-refractivity contribution in [3.8, 4) is 11.5 Å². The van der Waals surface area contributed by atoms with Crippen molar-refractivity contribution in [1.29, 1.82) is 0 Å². The second-order valence-corrected chi connectivity index (χ2v) is 5.44. The Kier molecular flexibility index (Phi) is 5.75. The Labute approximate surface area is 135 Å². The van der Waals surface area contributed by atoms with Crippen molar-refractivity contribution in [2.24, 2.45) is 0 Å². The summed E-state index contributed by atoms with van der Waals surface area (Å²) in [6.07, 6.45) is 0. The molecule has 0 saturated carbocycles. The second-order valence-electron chi connectivity index (χ2n) is 4.40. The van der Waals surface area contributed by atoms with Crippen LogP contribution in [0, 0.1) is 10.1 Å². The zero-order valence-electron chi connectivity index (χ0n) is 12.1. The van der Waals surface area contributed by atoms with Gasteiger partial charge in [-0.25, -0.2) is 0 Å². The van der Waals surface area contributed by atoms with E-state index in [1.165, 1.54) is 31.4 Å². The van der Waals surface area contributed by atoms with E-state index in [0.29, 0.717) is 28.2 Å². The topological polar surface area (TPSA) is 61.6 Å². The Bertz CT molecular complexity index is 680. The molecular weight excluding hydrogens is 328 g/mol. The molecule has 0 fully saturated rings. The van der Waals surface area contributed by atoms with Crippen molar-refractivity contribution < 1.29 is 23.2 Å². The highest BCUT2D eigenvalue weighted by atomic mass is 32.2. The highest BCUT2D eigenvalue weighted by molar-refractivity contribution is 7.99. The molecular formula is C15H13F2NO4S. The third-order valence-electron chi connectivity index (χ3n) is 2.90. The Morgan fingerprint density at radius 1 is 1.22 bits per heavy atom. The number of nitrogens with zero attached hydrogens (tertiary/aromatic N) is 1. The van der Waals surface area contributed by atoms with Gasteiger partial charge in [0.15, 0.2) is 0 Å². The average molecular weight is 341 g/mol. The van der Waals surface area contributed by atoms with Crippen LogP contribution >= 0.6 is 11.8 Å². The first kappa shape index (κ1) is 17.0. The van der Waals surface area contributed by atoms with Crippen LogP contribution in [0.4, 0.5) is 14.5 Å². The largest absolute Gasteiger partial charge is 0.496 e. The van der Waals surface area contributed by atoms with Gasteiger partial charge in [-0.1, -0.05) is 17.8 Å². The van der Waals surface area contributed by atoms with E-state index in [2.05, 4.69) is 0 Å². The maximum absolute atomic E-state index is 12.4. The number of methoxy groups -OCH3 is 1. The molecule has 122 valence electrons. The molecule has 23 heavy (non-hydrogen) atoms. The van der Waals surface area contributed by atoms with Crippen LogP contribution in [0.5, 0.6) is 11.5 Å². The number of alkyl halides is 2. The lowest BCUT2D eigenvalue weighted by atomic mass is 10.2. The molecule has 0 N–H and O–H groups in total. The number of benzene rings is 2. The lowest BCUT2D eigenvalue weighted by molar-refractivity contribution is -0.384. The van der Waals surface area contributed by atoms with Gasteiger partial charge in [0.2, 0.25) is 0 Å². The number of ether oxygens (including phenoxy) is 2. The molecule has 0 aliphatic rings. The molecule has 0 unspecified atom stereocenters. The third kappa shape index (κ3) is 4.82. The summed E-state index contributed by atoms with van der Waals surface area (Å²) in [4.78, 5) is 10.4. The monoisotopic (exact) mass is 341 g/mol. The molecule has 0 heterocycles. The number of nitro benzene ring substituents is 1. The number of hydrogen-bond acceptors (Lipinski definition) is 5. The first-order valence-corrected chi connectivity index (χ1v) is 7.36. The SMILES string of the molecule is COc1cc(COc2ccc([N+](=O)[O-])cc2)ccc1SC(F)F. The van der Waals surface area contributed by atoms with Crippen LogP contribution in [0.1, 0.15) is 5.56 Å². The lowest BCUT2D eigenvalue weighted by Gasteiger charge is -2.11. The maximum atomic E-state index is 12.4. The van der Waals surface area contributed by atoms with E-state index in [0.717, 1.165) is 5.56 Å². The Balaban J connectivity index is 2.04. The molecule has 0 atom stereocenters. The number of nitro groups is 1.